The van der Waals surface area contributed by atoms with Crippen LogP contribution in [0.25, 0.3) is 10.9 Å². The number of nitrogens with one attached hydrogen (secondary N) is 2. The van der Waals surface area contributed by atoms with Gasteiger partial charge in [-0.15, -0.1) is 0 Å². The zero-order valence-electron chi connectivity index (χ0n) is 16.2. The molecular formula is C23H22FN3O2. The van der Waals surface area contributed by atoms with Crippen LogP contribution in [0, 0.1) is 12.7 Å². The summed E-state index contributed by atoms with van der Waals surface area (Å²) in [6, 6.07) is 12.0. The van der Waals surface area contributed by atoms with E-state index in [1.807, 2.05) is 24.3 Å². The second-order valence-corrected chi connectivity index (χ2v) is 7.26. The maximum Gasteiger partial charge on any atom is 0.252 e. The van der Waals surface area contributed by atoms with Gasteiger partial charge in [0.05, 0.1) is 11.1 Å². The predicted molar refractivity (Wildman–Crippen MR) is 110 cm³/mol. The van der Waals surface area contributed by atoms with Crippen molar-refractivity contribution in [1.29, 1.82) is 0 Å². The summed E-state index contributed by atoms with van der Waals surface area (Å²) in [5.41, 5.74) is 4.30. The molecular weight excluding hydrogens is 369 g/mol. The maximum atomic E-state index is 13.6. The fraction of sp³-hybridized carbons (Fsp3) is 0.261. The smallest absolute Gasteiger partial charge is 0.252 e. The van der Waals surface area contributed by atoms with Crippen LogP contribution in [0.15, 0.2) is 42.5 Å². The second kappa shape index (κ2) is 7.99. The van der Waals surface area contributed by atoms with Gasteiger partial charge in [-0.25, -0.2) is 4.39 Å². The SMILES string of the molecule is Cc1ccc(C(=O)NCCNC(=O)c2c3c(nc4ccccc24)CCC3)cc1F. The van der Waals surface area contributed by atoms with Crippen LogP contribution < -0.4 is 10.6 Å². The van der Waals surface area contributed by atoms with Gasteiger partial charge >= 0.3 is 0 Å². The number of aryl methyl sites for hydroxylation is 2. The lowest BCUT2D eigenvalue weighted by molar-refractivity contribution is 0.0928. The minimum absolute atomic E-state index is 0.155. The van der Waals surface area contributed by atoms with Crippen molar-refractivity contribution in [3.63, 3.8) is 0 Å². The highest BCUT2D eigenvalue weighted by Crippen LogP contribution is 2.29. The van der Waals surface area contributed by atoms with Gasteiger partial charge < -0.3 is 10.6 Å². The highest BCUT2D eigenvalue weighted by atomic mass is 19.1. The number of benzene rings is 2. The molecule has 0 saturated carbocycles. The molecule has 0 spiro atoms. The first-order chi connectivity index (χ1) is 14.0. The molecule has 0 aliphatic heterocycles. The molecule has 148 valence electrons. The van der Waals surface area contributed by atoms with Gasteiger partial charge in [0, 0.05) is 29.7 Å². The normalized spacial score (nSPS) is 12.6. The quantitative estimate of drug-likeness (QED) is 0.656. The molecule has 0 atom stereocenters. The Morgan fingerprint density at radius 1 is 1.03 bits per heavy atom. The molecule has 1 aromatic heterocycles. The zero-order chi connectivity index (χ0) is 20.4. The summed E-state index contributed by atoms with van der Waals surface area (Å²) >= 11 is 0. The number of nitrogens with zero attached hydrogens (tertiary/aromatic N) is 1. The standard InChI is InChI=1S/C23H22FN3O2/c1-14-9-10-15(13-18(14)24)22(28)25-11-12-26-23(29)21-16-5-2-3-7-19(16)27-20-8-4-6-17(20)21/h2-3,5,7,9-10,13H,4,6,8,11-12H2,1H3,(H,25,28)(H,26,29). The van der Waals surface area contributed by atoms with Crippen LogP contribution in [0.4, 0.5) is 4.39 Å². The van der Waals surface area contributed by atoms with Gasteiger partial charge in [0.2, 0.25) is 0 Å². The Hall–Kier alpha value is -3.28. The van der Waals surface area contributed by atoms with E-state index in [9.17, 15) is 14.0 Å². The summed E-state index contributed by atoms with van der Waals surface area (Å²) in [5, 5.41) is 6.45. The molecule has 2 amide bonds. The van der Waals surface area contributed by atoms with Crippen molar-refractivity contribution in [1.82, 2.24) is 15.6 Å². The van der Waals surface area contributed by atoms with Gasteiger partial charge in [0.1, 0.15) is 5.82 Å². The van der Waals surface area contributed by atoms with Gasteiger partial charge in [0.25, 0.3) is 11.8 Å². The third-order valence-electron chi connectivity index (χ3n) is 5.28. The molecule has 2 aromatic carbocycles. The summed E-state index contributed by atoms with van der Waals surface area (Å²) in [6.07, 6.45) is 2.75. The first kappa shape index (κ1) is 19.1. The molecule has 0 unspecified atom stereocenters. The fourth-order valence-corrected chi connectivity index (χ4v) is 3.75. The Labute approximate surface area is 168 Å². The summed E-state index contributed by atoms with van der Waals surface area (Å²) in [4.78, 5) is 29.8. The van der Waals surface area contributed by atoms with Gasteiger partial charge in [-0.1, -0.05) is 24.3 Å². The van der Waals surface area contributed by atoms with Gasteiger partial charge in [-0.2, -0.15) is 0 Å². The Kier molecular flexibility index (Phi) is 5.25. The molecule has 5 nitrogen and oxygen atoms in total. The average molecular weight is 391 g/mol. The largest absolute Gasteiger partial charge is 0.350 e. The van der Waals surface area contributed by atoms with Crippen LogP contribution in [-0.2, 0) is 12.8 Å². The summed E-state index contributed by atoms with van der Waals surface area (Å²) in [7, 11) is 0. The Balaban J connectivity index is 1.42. The van der Waals surface area contributed by atoms with Crippen molar-refractivity contribution >= 4 is 22.7 Å². The number of halogens is 1. The van der Waals surface area contributed by atoms with Crippen LogP contribution in [0.3, 0.4) is 0 Å². The molecule has 0 saturated heterocycles. The van der Waals surface area contributed by atoms with E-state index in [4.69, 9.17) is 4.98 Å². The maximum absolute atomic E-state index is 13.6. The minimum atomic E-state index is -0.413. The number of carbonyl (C=O) groups excluding carboxylic acids is 2. The van der Waals surface area contributed by atoms with E-state index in [0.29, 0.717) is 11.1 Å². The number of para-hydroxylation sites is 1. The van der Waals surface area contributed by atoms with E-state index in [1.165, 1.54) is 6.07 Å². The number of pyridine rings is 1. The molecule has 29 heavy (non-hydrogen) atoms. The van der Waals surface area contributed by atoms with Crippen LogP contribution in [0.1, 0.15) is 44.0 Å². The summed E-state index contributed by atoms with van der Waals surface area (Å²) < 4.78 is 13.6. The van der Waals surface area contributed by atoms with Crippen molar-refractivity contribution < 1.29 is 14.0 Å². The molecule has 3 aromatic rings. The summed E-state index contributed by atoms with van der Waals surface area (Å²) in [6.45, 7) is 2.18. The van der Waals surface area contributed by atoms with E-state index >= 15 is 0 Å². The third-order valence-corrected chi connectivity index (χ3v) is 5.28. The number of fused-ring (bicyclic) bond motifs is 2. The molecule has 1 aliphatic rings. The number of amides is 2. The number of hydrogen-bond acceptors (Lipinski definition) is 3. The topological polar surface area (TPSA) is 71.1 Å². The van der Waals surface area contributed by atoms with Crippen molar-refractivity contribution in [2.45, 2.75) is 26.2 Å². The van der Waals surface area contributed by atoms with Gasteiger partial charge in [0.15, 0.2) is 0 Å². The fourth-order valence-electron chi connectivity index (χ4n) is 3.75. The molecule has 0 bridgehead atoms. The molecule has 0 fully saturated rings. The second-order valence-electron chi connectivity index (χ2n) is 7.26. The lowest BCUT2D eigenvalue weighted by Crippen LogP contribution is -2.35. The summed E-state index contributed by atoms with van der Waals surface area (Å²) in [5.74, 6) is -0.935. The highest BCUT2D eigenvalue weighted by Gasteiger charge is 2.23. The van der Waals surface area contributed by atoms with E-state index < -0.39 is 5.82 Å². The van der Waals surface area contributed by atoms with Crippen molar-refractivity contribution in [2.75, 3.05) is 13.1 Å². The van der Waals surface area contributed by atoms with Crippen molar-refractivity contribution in [3.05, 3.63) is 76.2 Å². The van der Waals surface area contributed by atoms with Crippen molar-refractivity contribution in [2.24, 2.45) is 0 Å². The van der Waals surface area contributed by atoms with E-state index in [2.05, 4.69) is 10.6 Å². The lowest BCUT2D eigenvalue weighted by Gasteiger charge is -2.13. The molecule has 1 heterocycles. The molecule has 4 rings (SSSR count). The molecule has 1 aliphatic carbocycles. The first-order valence-corrected chi connectivity index (χ1v) is 9.77. The predicted octanol–water partition coefficient (Wildman–Crippen LogP) is 3.33. The number of hydrogen-bond donors (Lipinski definition) is 2. The van der Waals surface area contributed by atoms with Gasteiger partial charge in [-0.3, -0.25) is 14.6 Å². The molecule has 6 heteroatoms. The number of rotatable bonds is 5. The molecule has 2 N–H and O–H groups in total. The Morgan fingerprint density at radius 2 is 1.79 bits per heavy atom. The van der Waals surface area contributed by atoms with Gasteiger partial charge in [-0.05, 0) is 55.5 Å². The van der Waals surface area contributed by atoms with Crippen LogP contribution in [0.2, 0.25) is 0 Å². The average Bonchev–Trinajstić information content (AvgIpc) is 3.19. The Morgan fingerprint density at radius 3 is 2.59 bits per heavy atom. The monoisotopic (exact) mass is 391 g/mol. The van der Waals surface area contributed by atoms with Crippen LogP contribution >= 0.6 is 0 Å². The number of aromatic nitrogens is 1. The Bertz CT molecular complexity index is 1110. The van der Waals surface area contributed by atoms with Crippen LogP contribution in [0.5, 0.6) is 0 Å². The van der Waals surface area contributed by atoms with E-state index in [0.717, 1.165) is 41.4 Å². The van der Waals surface area contributed by atoms with E-state index in [-0.39, 0.29) is 30.5 Å². The number of carbonyl (C=O) groups is 2. The third kappa shape index (κ3) is 3.83. The highest BCUT2D eigenvalue weighted by molar-refractivity contribution is 6.07. The first-order valence-electron chi connectivity index (χ1n) is 9.77. The molecule has 0 radical (unpaired) electrons. The zero-order valence-corrected chi connectivity index (χ0v) is 16.2. The van der Waals surface area contributed by atoms with Crippen LogP contribution in [-0.4, -0.2) is 29.9 Å². The van der Waals surface area contributed by atoms with Crippen molar-refractivity contribution in [3.8, 4) is 0 Å². The van der Waals surface area contributed by atoms with E-state index in [1.54, 1.807) is 19.1 Å². The lowest BCUT2D eigenvalue weighted by atomic mass is 10.0. The minimum Gasteiger partial charge on any atom is -0.350 e.